The molecule has 5 nitrogen and oxygen atoms in total. The fraction of sp³-hybridized carbons (Fsp3) is 0.714. The van der Waals surface area contributed by atoms with Crippen molar-refractivity contribution in [3.05, 3.63) is 11.8 Å². The van der Waals surface area contributed by atoms with Gasteiger partial charge >= 0.3 is 0 Å². The van der Waals surface area contributed by atoms with Gasteiger partial charge in [0.15, 0.2) is 0 Å². The quantitative estimate of drug-likeness (QED) is 0.282. The molecule has 0 heterocycles. The van der Waals surface area contributed by atoms with Crippen molar-refractivity contribution >= 4 is 0 Å². The second-order valence-electron chi connectivity index (χ2n) is 3.03. The van der Waals surface area contributed by atoms with Gasteiger partial charge in [0.1, 0.15) is 12.2 Å². The van der Waals surface area contributed by atoms with Gasteiger partial charge in [-0.2, -0.15) is 0 Å². The molecule has 0 bridgehead atoms. The van der Waals surface area contributed by atoms with Crippen LogP contribution in [0.5, 0.6) is 0 Å². The van der Waals surface area contributed by atoms with Crippen LogP contribution in [0.15, 0.2) is 11.8 Å². The minimum Gasteiger partial charge on any atom is -0.400 e. The van der Waals surface area contributed by atoms with Crippen molar-refractivity contribution < 1.29 is 15.3 Å². The van der Waals surface area contributed by atoms with E-state index < -0.39 is 24.4 Å². The largest absolute Gasteiger partial charge is 0.400 e. The van der Waals surface area contributed by atoms with Gasteiger partial charge in [-0.3, -0.25) is 0 Å². The SMILES string of the molecule is NC1=CCC(N)C(O)C(O)C1O. The number of hydrogen-bond donors (Lipinski definition) is 5. The lowest BCUT2D eigenvalue weighted by atomic mass is 10.0. The van der Waals surface area contributed by atoms with Crippen molar-refractivity contribution in [2.75, 3.05) is 0 Å². The topological polar surface area (TPSA) is 113 Å². The first-order valence-electron chi connectivity index (χ1n) is 3.79. The summed E-state index contributed by atoms with van der Waals surface area (Å²) in [6.07, 6.45) is -1.75. The van der Waals surface area contributed by atoms with Gasteiger partial charge in [0.25, 0.3) is 0 Å². The van der Waals surface area contributed by atoms with E-state index in [1.165, 1.54) is 6.08 Å². The maximum absolute atomic E-state index is 9.29. The lowest BCUT2D eigenvalue weighted by molar-refractivity contribution is -0.0511. The Morgan fingerprint density at radius 3 is 2.42 bits per heavy atom. The van der Waals surface area contributed by atoms with Crippen LogP contribution in [0.25, 0.3) is 0 Å². The minimum atomic E-state index is -1.29. The van der Waals surface area contributed by atoms with Crippen LogP contribution in [0.1, 0.15) is 6.42 Å². The Hall–Kier alpha value is -0.620. The molecular weight excluding hydrogens is 160 g/mol. The molecule has 0 saturated carbocycles. The molecule has 0 aromatic carbocycles. The van der Waals surface area contributed by atoms with E-state index in [1.54, 1.807) is 0 Å². The van der Waals surface area contributed by atoms with Gasteiger partial charge in [0.05, 0.1) is 6.10 Å². The van der Waals surface area contributed by atoms with E-state index in [2.05, 4.69) is 0 Å². The number of aliphatic hydroxyl groups is 3. The third-order valence-electron chi connectivity index (χ3n) is 2.08. The van der Waals surface area contributed by atoms with Crippen molar-refractivity contribution in [2.24, 2.45) is 11.5 Å². The van der Waals surface area contributed by atoms with E-state index >= 15 is 0 Å². The van der Waals surface area contributed by atoms with Gasteiger partial charge in [-0.05, 0) is 6.42 Å². The zero-order chi connectivity index (χ0) is 9.30. The molecule has 1 aliphatic rings. The van der Waals surface area contributed by atoms with E-state index in [0.29, 0.717) is 6.42 Å². The molecule has 0 saturated heterocycles. The molecule has 4 atom stereocenters. The molecule has 1 aliphatic carbocycles. The Labute approximate surface area is 70.3 Å². The van der Waals surface area contributed by atoms with E-state index in [1.807, 2.05) is 0 Å². The number of rotatable bonds is 0. The predicted molar refractivity (Wildman–Crippen MR) is 42.9 cm³/mol. The van der Waals surface area contributed by atoms with E-state index in [-0.39, 0.29) is 5.70 Å². The standard InChI is InChI=1S/C7H14N2O3/c8-3-1-2-4(9)6(11)7(12)5(3)10/h1,4-7,10-12H,2,8-9H2. The first-order chi connectivity index (χ1) is 5.54. The maximum Gasteiger partial charge on any atom is 0.121 e. The monoisotopic (exact) mass is 174 g/mol. The molecule has 5 heteroatoms. The van der Waals surface area contributed by atoms with Gasteiger partial charge in [0.2, 0.25) is 0 Å². The summed E-state index contributed by atoms with van der Waals surface area (Å²) in [5.41, 5.74) is 11.0. The molecular formula is C7H14N2O3. The first-order valence-corrected chi connectivity index (χ1v) is 3.79. The molecule has 0 aromatic heterocycles. The Morgan fingerprint density at radius 2 is 1.83 bits per heavy atom. The fourth-order valence-corrected chi connectivity index (χ4v) is 1.17. The van der Waals surface area contributed by atoms with Gasteiger partial charge < -0.3 is 26.8 Å². The van der Waals surface area contributed by atoms with Crippen molar-refractivity contribution in [1.29, 1.82) is 0 Å². The molecule has 7 N–H and O–H groups in total. The summed E-state index contributed by atoms with van der Waals surface area (Å²) in [4.78, 5) is 0. The van der Waals surface area contributed by atoms with Crippen LogP contribution in [0.3, 0.4) is 0 Å². The molecule has 0 radical (unpaired) electrons. The smallest absolute Gasteiger partial charge is 0.121 e. The highest BCUT2D eigenvalue weighted by Gasteiger charge is 2.32. The van der Waals surface area contributed by atoms with Gasteiger partial charge in [0, 0.05) is 11.7 Å². The average molecular weight is 174 g/mol. The van der Waals surface area contributed by atoms with E-state index in [0.717, 1.165) is 0 Å². The first kappa shape index (κ1) is 9.47. The van der Waals surface area contributed by atoms with Crippen molar-refractivity contribution in [3.63, 3.8) is 0 Å². The van der Waals surface area contributed by atoms with E-state index in [4.69, 9.17) is 11.5 Å². The maximum atomic E-state index is 9.29. The zero-order valence-electron chi connectivity index (χ0n) is 6.59. The molecule has 1 rings (SSSR count). The van der Waals surface area contributed by atoms with Crippen LogP contribution in [0.2, 0.25) is 0 Å². The second-order valence-corrected chi connectivity index (χ2v) is 3.03. The molecule has 12 heavy (non-hydrogen) atoms. The molecule has 0 aliphatic heterocycles. The number of hydrogen-bond acceptors (Lipinski definition) is 5. The molecule has 4 unspecified atom stereocenters. The lowest BCUT2D eigenvalue weighted by Gasteiger charge is -2.23. The lowest BCUT2D eigenvalue weighted by Crippen LogP contribution is -2.47. The van der Waals surface area contributed by atoms with Crippen molar-refractivity contribution in [3.8, 4) is 0 Å². The summed E-state index contributed by atoms with van der Waals surface area (Å²) in [5.74, 6) is 0. The highest BCUT2D eigenvalue weighted by Crippen LogP contribution is 2.15. The van der Waals surface area contributed by atoms with Gasteiger partial charge in [-0.15, -0.1) is 0 Å². The van der Waals surface area contributed by atoms with Crippen LogP contribution in [-0.2, 0) is 0 Å². The minimum absolute atomic E-state index is 0.162. The summed E-state index contributed by atoms with van der Waals surface area (Å²) < 4.78 is 0. The Morgan fingerprint density at radius 1 is 1.25 bits per heavy atom. The third kappa shape index (κ3) is 1.59. The van der Waals surface area contributed by atoms with Crippen LogP contribution in [-0.4, -0.2) is 39.7 Å². The summed E-state index contributed by atoms with van der Waals surface area (Å²) in [5, 5.41) is 27.8. The molecule has 0 fully saturated rings. The molecule has 70 valence electrons. The predicted octanol–water partition coefficient (Wildman–Crippen LogP) is -2.36. The van der Waals surface area contributed by atoms with Crippen LogP contribution in [0, 0.1) is 0 Å². The molecule has 0 aromatic rings. The van der Waals surface area contributed by atoms with Gasteiger partial charge in [-0.25, -0.2) is 0 Å². The third-order valence-corrected chi connectivity index (χ3v) is 2.08. The summed E-state index contributed by atoms with van der Waals surface area (Å²) >= 11 is 0. The summed E-state index contributed by atoms with van der Waals surface area (Å²) in [6, 6.07) is -0.573. The Kier molecular flexibility index (Phi) is 2.69. The molecule has 0 amide bonds. The van der Waals surface area contributed by atoms with Crippen LogP contribution < -0.4 is 11.5 Å². The van der Waals surface area contributed by atoms with E-state index in [9.17, 15) is 15.3 Å². The summed E-state index contributed by atoms with van der Waals surface area (Å²) in [6.45, 7) is 0. The summed E-state index contributed by atoms with van der Waals surface area (Å²) in [7, 11) is 0. The highest BCUT2D eigenvalue weighted by atomic mass is 16.4. The normalized spacial score (nSPS) is 43.5. The van der Waals surface area contributed by atoms with Crippen LogP contribution >= 0.6 is 0 Å². The zero-order valence-corrected chi connectivity index (χ0v) is 6.59. The molecule has 0 spiro atoms. The number of nitrogens with two attached hydrogens (primary N) is 2. The average Bonchev–Trinajstić information content (AvgIpc) is 2.14. The van der Waals surface area contributed by atoms with Crippen molar-refractivity contribution in [1.82, 2.24) is 0 Å². The van der Waals surface area contributed by atoms with Crippen LogP contribution in [0.4, 0.5) is 0 Å². The fourth-order valence-electron chi connectivity index (χ4n) is 1.17. The second kappa shape index (κ2) is 3.40. The van der Waals surface area contributed by atoms with Gasteiger partial charge in [-0.1, -0.05) is 6.08 Å². The highest BCUT2D eigenvalue weighted by molar-refractivity contribution is 5.11. The van der Waals surface area contributed by atoms with Crippen molar-refractivity contribution in [2.45, 2.75) is 30.8 Å². The number of aliphatic hydroxyl groups excluding tert-OH is 3. The Bertz CT molecular complexity index is 195. The Balaban J connectivity index is 2.80.